The Bertz CT molecular complexity index is 484. The number of hydrogen-bond donors (Lipinski definition) is 1. The van der Waals surface area contributed by atoms with Gasteiger partial charge in [-0.05, 0) is 31.0 Å². The summed E-state index contributed by atoms with van der Waals surface area (Å²) in [6.07, 6.45) is 0.725. The summed E-state index contributed by atoms with van der Waals surface area (Å²) in [5.41, 5.74) is 1.18. The minimum atomic E-state index is -2.80. The first kappa shape index (κ1) is 13.1. The summed E-state index contributed by atoms with van der Waals surface area (Å²) < 4.78 is 23.8. The van der Waals surface area contributed by atoms with Crippen LogP contribution in [0.5, 0.6) is 0 Å². The SMILES string of the molecule is C[C@H](NC1CCS(=O)(=O)C1)c1ccc(Br)cc1. The van der Waals surface area contributed by atoms with E-state index in [0.29, 0.717) is 5.75 Å². The molecule has 0 saturated carbocycles. The van der Waals surface area contributed by atoms with Crippen molar-refractivity contribution in [1.82, 2.24) is 5.32 Å². The lowest BCUT2D eigenvalue weighted by atomic mass is 10.1. The Labute approximate surface area is 111 Å². The molecule has 1 N–H and O–H groups in total. The van der Waals surface area contributed by atoms with Crippen molar-refractivity contribution in [2.45, 2.75) is 25.4 Å². The van der Waals surface area contributed by atoms with Gasteiger partial charge in [0, 0.05) is 16.6 Å². The van der Waals surface area contributed by atoms with Crippen LogP contribution in [-0.4, -0.2) is 26.0 Å². The normalized spacial score (nSPS) is 24.7. The monoisotopic (exact) mass is 317 g/mol. The molecule has 0 spiro atoms. The summed E-state index contributed by atoms with van der Waals surface area (Å²) in [6, 6.07) is 8.37. The van der Waals surface area contributed by atoms with Gasteiger partial charge in [-0.2, -0.15) is 0 Å². The molecule has 5 heteroatoms. The van der Waals surface area contributed by atoms with E-state index >= 15 is 0 Å². The molecule has 0 radical (unpaired) electrons. The molecule has 1 unspecified atom stereocenters. The van der Waals surface area contributed by atoms with Crippen LogP contribution in [0.25, 0.3) is 0 Å². The number of rotatable bonds is 3. The molecule has 1 aromatic carbocycles. The first-order valence-electron chi connectivity index (χ1n) is 5.68. The third kappa shape index (κ3) is 3.53. The van der Waals surface area contributed by atoms with Gasteiger partial charge >= 0.3 is 0 Å². The largest absolute Gasteiger partial charge is 0.306 e. The van der Waals surface area contributed by atoms with Crippen LogP contribution in [0.1, 0.15) is 24.9 Å². The van der Waals surface area contributed by atoms with Crippen LogP contribution >= 0.6 is 15.9 Å². The zero-order valence-electron chi connectivity index (χ0n) is 9.69. The van der Waals surface area contributed by atoms with Gasteiger partial charge in [-0.15, -0.1) is 0 Å². The molecule has 1 aromatic rings. The Morgan fingerprint density at radius 1 is 1.35 bits per heavy atom. The molecule has 1 fully saturated rings. The van der Waals surface area contributed by atoms with E-state index in [4.69, 9.17) is 0 Å². The first-order valence-corrected chi connectivity index (χ1v) is 8.30. The molecule has 1 aliphatic heterocycles. The smallest absolute Gasteiger partial charge is 0.151 e. The van der Waals surface area contributed by atoms with Gasteiger partial charge in [0.25, 0.3) is 0 Å². The van der Waals surface area contributed by atoms with Gasteiger partial charge in [0.15, 0.2) is 9.84 Å². The van der Waals surface area contributed by atoms with Gasteiger partial charge in [-0.25, -0.2) is 8.42 Å². The standard InChI is InChI=1S/C12H16BrNO2S/c1-9(10-2-4-11(13)5-3-10)14-12-6-7-17(15,16)8-12/h2-5,9,12,14H,6-8H2,1H3/t9-,12?/m0/s1. The van der Waals surface area contributed by atoms with E-state index in [1.807, 2.05) is 24.3 Å². The fourth-order valence-electron chi connectivity index (χ4n) is 2.13. The van der Waals surface area contributed by atoms with Crippen molar-refractivity contribution in [1.29, 1.82) is 0 Å². The maximum Gasteiger partial charge on any atom is 0.151 e. The van der Waals surface area contributed by atoms with Gasteiger partial charge in [0.2, 0.25) is 0 Å². The average molecular weight is 318 g/mol. The van der Waals surface area contributed by atoms with E-state index in [2.05, 4.69) is 28.2 Å². The van der Waals surface area contributed by atoms with E-state index in [1.54, 1.807) is 0 Å². The topological polar surface area (TPSA) is 46.2 Å². The van der Waals surface area contributed by atoms with E-state index in [9.17, 15) is 8.42 Å². The van der Waals surface area contributed by atoms with Crippen LogP contribution in [-0.2, 0) is 9.84 Å². The van der Waals surface area contributed by atoms with Crippen molar-refractivity contribution in [3.05, 3.63) is 34.3 Å². The number of hydrogen-bond acceptors (Lipinski definition) is 3. The van der Waals surface area contributed by atoms with Gasteiger partial charge in [0.05, 0.1) is 11.5 Å². The third-order valence-electron chi connectivity index (χ3n) is 3.09. The minimum Gasteiger partial charge on any atom is -0.306 e. The average Bonchev–Trinajstić information content (AvgIpc) is 2.59. The lowest BCUT2D eigenvalue weighted by Gasteiger charge is -2.18. The Balaban J connectivity index is 1.98. The second kappa shape index (κ2) is 5.08. The summed E-state index contributed by atoms with van der Waals surface area (Å²) in [7, 11) is -2.80. The molecular formula is C12H16BrNO2S. The van der Waals surface area contributed by atoms with Crippen LogP contribution in [0.4, 0.5) is 0 Å². The summed E-state index contributed by atoms with van der Waals surface area (Å²) in [5, 5.41) is 3.38. The lowest BCUT2D eigenvalue weighted by Crippen LogP contribution is -2.32. The van der Waals surface area contributed by atoms with Crippen LogP contribution in [0.2, 0.25) is 0 Å². The van der Waals surface area contributed by atoms with Crippen molar-refractivity contribution in [3.8, 4) is 0 Å². The van der Waals surface area contributed by atoms with Gasteiger partial charge in [0.1, 0.15) is 0 Å². The van der Waals surface area contributed by atoms with E-state index < -0.39 is 9.84 Å². The Morgan fingerprint density at radius 2 is 2.00 bits per heavy atom. The van der Waals surface area contributed by atoms with Crippen molar-refractivity contribution < 1.29 is 8.42 Å². The Kier molecular flexibility index (Phi) is 3.90. The molecule has 0 amide bonds. The fraction of sp³-hybridized carbons (Fsp3) is 0.500. The molecule has 0 aliphatic carbocycles. The van der Waals surface area contributed by atoms with E-state index in [1.165, 1.54) is 5.56 Å². The predicted octanol–water partition coefficient (Wildman–Crippen LogP) is 2.29. The van der Waals surface area contributed by atoms with Crippen molar-refractivity contribution in [2.24, 2.45) is 0 Å². The summed E-state index contributed by atoms with van der Waals surface area (Å²) in [6.45, 7) is 2.06. The quantitative estimate of drug-likeness (QED) is 0.930. The van der Waals surface area contributed by atoms with Gasteiger partial charge in [-0.1, -0.05) is 28.1 Å². The zero-order valence-corrected chi connectivity index (χ0v) is 12.1. The second-order valence-electron chi connectivity index (χ2n) is 4.54. The van der Waals surface area contributed by atoms with E-state index in [-0.39, 0.29) is 17.8 Å². The highest BCUT2D eigenvalue weighted by Gasteiger charge is 2.28. The molecule has 0 bridgehead atoms. The summed E-state index contributed by atoms with van der Waals surface area (Å²) in [4.78, 5) is 0. The first-order chi connectivity index (χ1) is 7.96. The maximum atomic E-state index is 11.4. The molecular weight excluding hydrogens is 302 g/mol. The molecule has 1 aliphatic rings. The highest BCUT2D eigenvalue weighted by molar-refractivity contribution is 9.10. The molecule has 1 saturated heterocycles. The lowest BCUT2D eigenvalue weighted by molar-refractivity contribution is 0.485. The zero-order chi connectivity index (χ0) is 12.5. The highest BCUT2D eigenvalue weighted by Crippen LogP contribution is 2.19. The number of sulfone groups is 1. The second-order valence-corrected chi connectivity index (χ2v) is 7.68. The Hall–Kier alpha value is -0.390. The van der Waals surface area contributed by atoms with E-state index in [0.717, 1.165) is 10.9 Å². The molecule has 1 heterocycles. The maximum absolute atomic E-state index is 11.4. The van der Waals surface area contributed by atoms with Gasteiger partial charge < -0.3 is 5.32 Å². The number of nitrogens with one attached hydrogen (secondary N) is 1. The Morgan fingerprint density at radius 3 is 2.53 bits per heavy atom. The van der Waals surface area contributed by atoms with Gasteiger partial charge in [-0.3, -0.25) is 0 Å². The minimum absolute atomic E-state index is 0.0960. The molecule has 3 nitrogen and oxygen atoms in total. The van der Waals surface area contributed by atoms with Crippen LogP contribution in [0.3, 0.4) is 0 Å². The van der Waals surface area contributed by atoms with Crippen molar-refractivity contribution in [3.63, 3.8) is 0 Å². The molecule has 94 valence electrons. The van der Waals surface area contributed by atoms with Crippen LogP contribution < -0.4 is 5.32 Å². The van der Waals surface area contributed by atoms with Crippen LogP contribution in [0.15, 0.2) is 28.7 Å². The molecule has 17 heavy (non-hydrogen) atoms. The van der Waals surface area contributed by atoms with Crippen LogP contribution in [0, 0.1) is 0 Å². The molecule has 0 aromatic heterocycles. The fourth-order valence-corrected chi connectivity index (χ4v) is 4.08. The predicted molar refractivity (Wildman–Crippen MR) is 72.8 cm³/mol. The highest BCUT2D eigenvalue weighted by atomic mass is 79.9. The summed E-state index contributed by atoms with van der Waals surface area (Å²) in [5.74, 6) is 0.589. The number of benzene rings is 1. The summed E-state index contributed by atoms with van der Waals surface area (Å²) >= 11 is 3.40. The molecule has 2 atom stereocenters. The van der Waals surface area contributed by atoms with Crippen molar-refractivity contribution in [2.75, 3.05) is 11.5 Å². The third-order valence-corrected chi connectivity index (χ3v) is 5.38. The van der Waals surface area contributed by atoms with Crippen molar-refractivity contribution >= 4 is 25.8 Å². The number of halogens is 1. The molecule has 2 rings (SSSR count).